The van der Waals surface area contributed by atoms with Crippen molar-refractivity contribution in [3.05, 3.63) is 58.1 Å². The van der Waals surface area contributed by atoms with E-state index >= 15 is 0 Å². The third-order valence-corrected chi connectivity index (χ3v) is 7.47. The van der Waals surface area contributed by atoms with Crippen LogP contribution in [0.2, 0.25) is 0 Å². The standard InChI is InChI=1S/C24H23F3N6OS/c1-13(16-4-3-5-16)20-17(12-29-23-21(20)32-14(2)35-23)10-18(34)8-15-9-19(24(25,26)27)22(28-11-15)33-30-6-7-31-33/h6-7,9,11-13,16H,3-5,8,10H2,1-2H3. The molecular formula is C24H23F3N6OS. The van der Waals surface area contributed by atoms with Crippen LogP contribution in [0.25, 0.3) is 16.2 Å². The average molecular weight is 501 g/mol. The number of halogens is 3. The molecule has 7 nitrogen and oxygen atoms in total. The van der Waals surface area contributed by atoms with Gasteiger partial charge in [0.15, 0.2) is 5.82 Å². The second kappa shape index (κ2) is 9.10. The molecule has 0 N–H and O–H groups in total. The second-order valence-electron chi connectivity index (χ2n) is 8.99. The number of hydrogen-bond acceptors (Lipinski definition) is 7. The number of ketones is 1. The fraction of sp³-hybridized carbons (Fsp3) is 0.417. The Kier molecular flexibility index (Phi) is 6.12. The van der Waals surface area contributed by atoms with E-state index in [2.05, 4.69) is 27.1 Å². The highest BCUT2D eigenvalue weighted by Gasteiger charge is 2.36. The molecule has 5 rings (SSSR count). The normalized spacial score (nSPS) is 15.3. The highest BCUT2D eigenvalue weighted by atomic mass is 32.1. The summed E-state index contributed by atoms with van der Waals surface area (Å²) in [7, 11) is 0. The number of fused-ring (bicyclic) bond motifs is 1. The Morgan fingerprint density at radius 2 is 1.91 bits per heavy atom. The van der Waals surface area contributed by atoms with E-state index in [1.54, 1.807) is 6.20 Å². The first-order valence-electron chi connectivity index (χ1n) is 11.4. The minimum atomic E-state index is -4.67. The summed E-state index contributed by atoms with van der Waals surface area (Å²) in [5, 5.41) is 8.41. The van der Waals surface area contributed by atoms with E-state index < -0.39 is 17.6 Å². The van der Waals surface area contributed by atoms with E-state index in [-0.39, 0.29) is 30.1 Å². The Labute approximate surface area is 203 Å². The van der Waals surface area contributed by atoms with Crippen molar-refractivity contribution in [2.24, 2.45) is 5.92 Å². The van der Waals surface area contributed by atoms with Crippen LogP contribution >= 0.6 is 11.3 Å². The minimum absolute atomic E-state index is 0.0791. The fourth-order valence-electron chi connectivity index (χ4n) is 4.66. The van der Waals surface area contributed by atoms with Gasteiger partial charge in [0, 0.05) is 25.2 Å². The Morgan fingerprint density at radius 1 is 1.17 bits per heavy atom. The monoisotopic (exact) mass is 500 g/mol. The molecule has 1 saturated carbocycles. The molecule has 1 aliphatic rings. The first-order chi connectivity index (χ1) is 16.7. The predicted octanol–water partition coefficient (Wildman–Crippen LogP) is 5.25. The van der Waals surface area contributed by atoms with E-state index in [1.807, 2.05) is 6.92 Å². The van der Waals surface area contributed by atoms with Gasteiger partial charge in [-0.1, -0.05) is 24.7 Å². The maximum Gasteiger partial charge on any atom is 0.420 e. The zero-order valence-electron chi connectivity index (χ0n) is 19.2. The number of hydrogen-bond donors (Lipinski definition) is 0. The Bertz CT molecular complexity index is 1380. The number of rotatable bonds is 7. The second-order valence-corrected chi connectivity index (χ2v) is 10.2. The number of thiazole rings is 1. The number of aromatic nitrogens is 6. The molecule has 4 aromatic rings. The van der Waals surface area contributed by atoms with Crippen LogP contribution in [0.5, 0.6) is 0 Å². The molecule has 11 heteroatoms. The molecule has 1 atom stereocenters. The maximum absolute atomic E-state index is 13.7. The van der Waals surface area contributed by atoms with Crippen molar-refractivity contribution in [1.29, 1.82) is 0 Å². The topological polar surface area (TPSA) is 86.5 Å². The highest BCUT2D eigenvalue weighted by Crippen LogP contribution is 2.43. The molecule has 182 valence electrons. The number of aryl methyl sites for hydroxylation is 1. The molecular weight excluding hydrogens is 477 g/mol. The van der Waals surface area contributed by atoms with E-state index in [0.717, 1.165) is 50.2 Å². The summed E-state index contributed by atoms with van der Waals surface area (Å²) in [4.78, 5) is 27.8. The lowest BCUT2D eigenvalue weighted by molar-refractivity contribution is -0.138. The van der Waals surface area contributed by atoms with Gasteiger partial charge in [0.05, 0.1) is 17.4 Å². The molecule has 0 radical (unpaired) electrons. The van der Waals surface area contributed by atoms with Gasteiger partial charge in [0.2, 0.25) is 0 Å². The summed E-state index contributed by atoms with van der Waals surface area (Å²) in [5.41, 5.74) is 1.89. The molecule has 35 heavy (non-hydrogen) atoms. The highest BCUT2D eigenvalue weighted by molar-refractivity contribution is 7.18. The molecule has 0 bridgehead atoms. The van der Waals surface area contributed by atoms with Crippen LogP contribution < -0.4 is 0 Å². The van der Waals surface area contributed by atoms with E-state index in [9.17, 15) is 18.0 Å². The van der Waals surface area contributed by atoms with Gasteiger partial charge in [-0.2, -0.15) is 23.4 Å². The van der Waals surface area contributed by atoms with Crippen molar-refractivity contribution >= 4 is 27.5 Å². The van der Waals surface area contributed by atoms with Crippen molar-refractivity contribution in [3.8, 4) is 5.82 Å². The lowest BCUT2D eigenvalue weighted by Gasteiger charge is -2.32. The molecule has 0 aliphatic heterocycles. The average Bonchev–Trinajstić information content (AvgIpc) is 3.40. The van der Waals surface area contributed by atoms with Crippen LogP contribution in [-0.2, 0) is 23.8 Å². The van der Waals surface area contributed by atoms with Gasteiger partial charge in [-0.05, 0) is 54.4 Å². The Balaban J connectivity index is 1.43. The summed E-state index contributed by atoms with van der Waals surface area (Å²) >= 11 is 1.52. The Morgan fingerprint density at radius 3 is 2.57 bits per heavy atom. The third-order valence-electron chi connectivity index (χ3n) is 6.59. The summed E-state index contributed by atoms with van der Waals surface area (Å²) in [6.07, 6.45) is 4.28. The summed E-state index contributed by atoms with van der Waals surface area (Å²) in [6.45, 7) is 4.10. The van der Waals surface area contributed by atoms with Gasteiger partial charge < -0.3 is 0 Å². The van der Waals surface area contributed by atoms with Gasteiger partial charge in [0.25, 0.3) is 0 Å². The van der Waals surface area contributed by atoms with Crippen LogP contribution in [0.3, 0.4) is 0 Å². The van der Waals surface area contributed by atoms with E-state index in [4.69, 9.17) is 4.98 Å². The van der Waals surface area contributed by atoms with Crippen molar-refractivity contribution in [1.82, 2.24) is 29.9 Å². The number of Topliss-reactive ketones (excluding diaryl/α,β-unsaturated/α-hetero) is 1. The lowest BCUT2D eigenvalue weighted by atomic mass is 9.72. The molecule has 0 spiro atoms. The number of carbonyl (C=O) groups excluding carboxylic acids is 1. The summed E-state index contributed by atoms with van der Waals surface area (Å²) in [6, 6.07) is 0.951. The quantitative estimate of drug-likeness (QED) is 0.344. The Hall–Kier alpha value is -3.21. The molecule has 0 amide bonds. The molecule has 4 aromatic heterocycles. The van der Waals surface area contributed by atoms with Crippen molar-refractivity contribution in [2.75, 3.05) is 0 Å². The zero-order chi connectivity index (χ0) is 24.7. The van der Waals surface area contributed by atoms with Crippen molar-refractivity contribution in [2.45, 2.75) is 58.0 Å². The first-order valence-corrected chi connectivity index (χ1v) is 12.2. The number of nitrogens with zero attached hydrogens (tertiary/aromatic N) is 6. The summed E-state index contributed by atoms with van der Waals surface area (Å²) < 4.78 is 41.1. The van der Waals surface area contributed by atoms with Crippen LogP contribution in [-0.4, -0.2) is 35.7 Å². The molecule has 0 saturated heterocycles. The molecule has 1 aliphatic carbocycles. The molecule has 0 aromatic carbocycles. The van der Waals surface area contributed by atoms with Crippen LogP contribution in [0.1, 0.15) is 59.4 Å². The van der Waals surface area contributed by atoms with E-state index in [0.29, 0.717) is 5.92 Å². The maximum atomic E-state index is 13.7. The molecule has 4 heterocycles. The van der Waals surface area contributed by atoms with Crippen molar-refractivity contribution in [3.63, 3.8) is 0 Å². The molecule has 1 fully saturated rings. The first kappa shape index (κ1) is 23.5. The van der Waals surface area contributed by atoms with Crippen LogP contribution in [0.4, 0.5) is 13.2 Å². The van der Waals surface area contributed by atoms with Gasteiger partial charge in [0.1, 0.15) is 21.7 Å². The fourth-order valence-corrected chi connectivity index (χ4v) is 5.43. The van der Waals surface area contributed by atoms with Gasteiger partial charge >= 0.3 is 6.18 Å². The summed E-state index contributed by atoms with van der Waals surface area (Å²) in [5.74, 6) is 0.139. The minimum Gasteiger partial charge on any atom is -0.299 e. The van der Waals surface area contributed by atoms with Crippen molar-refractivity contribution < 1.29 is 18.0 Å². The number of alkyl halides is 3. The lowest BCUT2D eigenvalue weighted by Crippen LogP contribution is -2.21. The predicted molar refractivity (Wildman–Crippen MR) is 124 cm³/mol. The molecule has 1 unspecified atom stereocenters. The number of carbonyl (C=O) groups is 1. The largest absolute Gasteiger partial charge is 0.420 e. The van der Waals surface area contributed by atoms with Gasteiger partial charge in [-0.15, -0.1) is 4.80 Å². The van der Waals surface area contributed by atoms with Crippen LogP contribution in [0, 0.1) is 12.8 Å². The van der Waals surface area contributed by atoms with Gasteiger partial charge in [-0.3, -0.25) is 4.79 Å². The smallest absolute Gasteiger partial charge is 0.299 e. The number of pyridine rings is 2. The van der Waals surface area contributed by atoms with Gasteiger partial charge in [-0.25, -0.2) is 15.0 Å². The third kappa shape index (κ3) is 4.69. The zero-order valence-corrected chi connectivity index (χ0v) is 20.0. The SMILES string of the molecule is Cc1nc2c(C(C)C3CCC3)c(CC(=O)Cc3cnc(-n4nccn4)c(C(F)(F)F)c3)cnc2s1. The van der Waals surface area contributed by atoms with Crippen LogP contribution in [0.15, 0.2) is 30.9 Å². The van der Waals surface area contributed by atoms with E-state index in [1.165, 1.54) is 36.3 Å².